The minimum Gasteiger partial charge on any atom is -0.400 e. The van der Waals surface area contributed by atoms with E-state index >= 15 is 0 Å². The second-order valence-electron chi connectivity index (χ2n) is 5.69. The summed E-state index contributed by atoms with van der Waals surface area (Å²) >= 11 is 0. The van der Waals surface area contributed by atoms with E-state index in [2.05, 4.69) is 33.8 Å². The number of rotatable bonds is 3. The number of H-pyrrole nitrogens is 1. The van der Waals surface area contributed by atoms with Crippen LogP contribution in [0.25, 0.3) is 0 Å². The summed E-state index contributed by atoms with van der Waals surface area (Å²) < 4.78 is 0. The number of likely N-dealkylation sites (N-methyl/N-ethyl adjacent to an activating group) is 1. The maximum atomic E-state index is 6.52. The number of hydrogen-bond donors (Lipinski definition) is 5. The van der Waals surface area contributed by atoms with Gasteiger partial charge in [0.1, 0.15) is 7.85 Å². The van der Waals surface area contributed by atoms with Gasteiger partial charge in [0.05, 0.1) is 11.6 Å². The predicted octanol–water partition coefficient (Wildman–Crippen LogP) is -0.414. The lowest BCUT2D eigenvalue weighted by Crippen LogP contribution is -2.35. The van der Waals surface area contributed by atoms with E-state index in [1.165, 1.54) is 0 Å². The Bertz CT molecular complexity index is 735. The van der Waals surface area contributed by atoms with Crippen LogP contribution < -0.4 is 27.6 Å². The van der Waals surface area contributed by atoms with Crippen LogP contribution in [-0.2, 0) is 0 Å². The van der Waals surface area contributed by atoms with Gasteiger partial charge in [0.25, 0.3) is 0 Å². The molecule has 0 fully saturated rings. The summed E-state index contributed by atoms with van der Waals surface area (Å²) in [6, 6.07) is 6.06. The Morgan fingerprint density at radius 2 is 2.09 bits per heavy atom. The Morgan fingerprint density at radius 1 is 1.32 bits per heavy atom. The molecule has 114 valence electrons. The SMILES string of the molecule is Bc1c(N)cccc1C1C(N)=C(C(C)NC)Nc2n[nH]cc21. The van der Waals surface area contributed by atoms with Gasteiger partial charge in [-0.05, 0) is 25.6 Å². The molecular formula is C15H21BN6. The third-order valence-electron chi connectivity index (χ3n) is 4.45. The van der Waals surface area contributed by atoms with Crippen LogP contribution in [0.1, 0.15) is 24.0 Å². The molecule has 0 saturated heterocycles. The molecule has 7 heteroatoms. The molecule has 1 aliphatic rings. The lowest BCUT2D eigenvalue weighted by atomic mass is 9.77. The number of anilines is 2. The monoisotopic (exact) mass is 296 g/mol. The quantitative estimate of drug-likeness (QED) is 0.391. The zero-order valence-corrected chi connectivity index (χ0v) is 13.1. The third kappa shape index (κ3) is 2.14. The molecule has 2 aromatic rings. The average molecular weight is 296 g/mol. The molecule has 0 saturated carbocycles. The van der Waals surface area contributed by atoms with E-state index in [1.807, 2.05) is 33.2 Å². The fourth-order valence-electron chi connectivity index (χ4n) is 2.96. The normalized spacial score (nSPS) is 18.7. The van der Waals surface area contributed by atoms with Gasteiger partial charge in [0.2, 0.25) is 0 Å². The fourth-order valence-corrected chi connectivity index (χ4v) is 2.96. The van der Waals surface area contributed by atoms with Crippen molar-refractivity contribution in [3.05, 3.63) is 46.9 Å². The smallest absolute Gasteiger partial charge is 0.156 e. The fraction of sp³-hybridized carbons (Fsp3) is 0.267. The standard InChI is InChI=1S/C15H21BN6/c1-7(19-2)14-13(18)11(9-6-20-22-15(9)21-14)8-4-3-5-10(17)12(8)16/h3-7,11,19H,16-18H2,1-2H3,(H2,20,21,22). The lowest BCUT2D eigenvalue weighted by Gasteiger charge is -2.31. The molecule has 0 aliphatic carbocycles. The van der Waals surface area contributed by atoms with Crippen LogP contribution in [0.4, 0.5) is 11.5 Å². The number of allylic oxidation sites excluding steroid dienone is 1. The molecule has 6 nitrogen and oxygen atoms in total. The van der Waals surface area contributed by atoms with Crippen LogP contribution in [-0.4, -0.2) is 31.1 Å². The number of aromatic amines is 1. The summed E-state index contributed by atoms with van der Waals surface area (Å²) in [4.78, 5) is 0. The highest BCUT2D eigenvalue weighted by molar-refractivity contribution is 6.36. The summed E-state index contributed by atoms with van der Waals surface area (Å²) in [7, 11) is 3.94. The molecule has 3 rings (SSSR count). The van der Waals surface area contributed by atoms with E-state index in [4.69, 9.17) is 11.5 Å². The van der Waals surface area contributed by atoms with Crippen LogP contribution in [0.2, 0.25) is 0 Å². The highest BCUT2D eigenvalue weighted by Gasteiger charge is 2.31. The number of nitrogen functional groups attached to an aromatic ring is 1. The van der Waals surface area contributed by atoms with Gasteiger partial charge in [-0.25, -0.2) is 0 Å². The first-order valence-electron chi connectivity index (χ1n) is 7.37. The first-order chi connectivity index (χ1) is 10.5. The van der Waals surface area contributed by atoms with Gasteiger partial charge in [-0.3, -0.25) is 5.10 Å². The van der Waals surface area contributed by atoms with E-state index < -0.39 is 0 Å². The Hall–Kier alpha value is -2.41. The molecule has 1 aromatic carbocycles. The maximum absolute atomic E-state index is 6.52. The Kier molecular flexibility index (Phi) is 3.58. The van der Waals surface area contributed by atoms with Crippen LogP contribution >= 0.6 is 0 Å². The molecule has 1 aliphatic heterocycles. The molecule has 0 radical (unpaired) electrons. The third-order valence-corrected chi connectivity index (χ3v) is 4.45. The molecule has 2 atom stereocenters. The number of nitrogens with zero attached hydrogens (tertiary/aromatic N) is 1. The first kappa shape index (κ1) is 14.5. The molecule has 2 unspecified atom stereocenters. The number of hydrogen-bond acceptors (Lipinski definition) is 5. The van der Waals surface area contributed by atoms with Crippen molar-refractivity contribution in [1.29, 1.82) is 0 Å². The Balaban J connectivity index is 2.20. The van der Waals surface area contributed by atoms with Crippen LogP contribution in [0.3, 0.4) is 0 Å². The zero-order valence-electron chi connectivity index (χ0n) is 13.1. The van der Waals surface area contributed by atoms with Crippen LogP contribution in [0.15, 0.2) is 35.8 Å². The van der Waals surface area contributed by atoms with Gasteiger partial charge >= 0.3 is 0 Å². The second-order valence-corrected chi connectivity index (χ2v) is 5.69. The molecular weight excluding hydrogens is 275 g/mol. The number of aromatic nitrogens is 2. The van der Waals surface area contributed by atoms with Gasteiger partial charge in [-0.15, -0.1) is 0 Å². The second kappa shape index (κ2) is 5.42. The van der Waals surface area contributed by atoms with E-state index in [-0.39, 0.29) is 12.0 Å². The number of nitrogens with two attached hydrogens (primary N) is 2. The van der Waals surface area contributed by atoms with Gasteiger partial charge < -0.3 is 22.1 Å². The molecule has 2 heterocycles. The minimum atomic E-state index is -0.0516. The van der Waals surface area contributed by atoms with Gasteiger partial charge in [0.15, 0.2) is 5.82 Å². The molecule has 7 N–H and O–H groups in total. The minimum absolute atomic E-state index is 0.0516. The highest BCUT2D eigenvalue weighted by atomic mass is 15.2. The number of fused-ring (bicyclic) bond motifs is 1. The Labute approximate surface area is 130 Å². The average Bonchev–Trinajstić information content (AvgIpc) is 2.97. The number of nitrogens with one attached hydrogen (secondary N) is 3. The van der Waals surface area contributed by atoms with Crippen molar-refractivity contribution in [2.24, 2.45) is 5.73 Å². The highest BCUT2D eigenvalue weighted by Crippen LogP contribution is 2.38. The van der Waals surface area contributed by atoms with Crippen LogP contribution in [0.5, 0.6) is 0 Å². The van der Waals surface area contributed by atoms with Crippen molar-refractivity contribution >= 4 is 24.8 Å². The lowest BCUT2D eigenvalue weighted by molar-refractivity contribution is 0.672. The summed E-state index contributed by atoms with van der Waals surface area (Å²) in [5.41, 5.74) is 18.3. The van der Waals surface area contributed by atoms with Gasteiger partial charge in [0, 0.05) is 29.2 Å². The van der Waals surface area contributed by atoms with Gasteiger partial charge in [-0.2, -0.15) is 5.10 Å². The summed E-state index contributed by atoms with van der Waals surface area (Å²) in [5.74, 6) is 0.766. The van der Waals surface area contributed by atoms with E-state index in [1.54, 1.807) is 0 Å². The summed E-state index contributed by atoms with van der Waals surface area (Å²) in [6.45, 7) is 2.07. The molecule has 22 heavy (non-hydrogen) atoms. The summed E-state index contributed by atoms with van der Waals surface area (Å²) in [5, 5.41) is 13.8. The summed E-state index contributed by atoms with van der Waals surface area (Å²) in [6.07, 6.45) is 1.89. The predicted molar refractivity (Wildman–Crippen MR) is 92.8 cm³/mol. The first-order valence-corrected chi connectivity index (χ1v) is 7.37. The van der Waals surface area contributed by atoms with Crippen molar-refractivity contribution < 1.29 is 0 Å². The van der Waals surface area contributed by atoms with Crippen molar-refractivity contribution in [2.75, 3.05) is 18.1 Å². The van der Waals surface area contributed by atoms with Crippen molar-refractivity contribution in [3.63, 3.8) is 0 Å². The van der Waals surface area contributed by atoms with Crippen molar-refractivity contribution in [3.8, 4) is 0 Å². The topological polar surface area (TPSA) is 105 Å². The van der Waals surface area contributed by atoms with Crippen molar-refractivity contribution in [1.82, 2.24) is 15.5 Å². The molecule has 0 spiro atoms. The van der Waals surface area contributed by atoms with Crippen molar-refractivity contribution in [2.45, 2.75) is 18.9 Å². The Morgan fingerprint density at radius 3 is 2.82 bits per heavy atom. The van der Waals surface area contributed by atoms with Gasteiger partial charge in [-0.1, -0.05) is 17.6 Å². The number of benzene rings is 1. The largest absolute Gasteiger partial charge is 0.400 e. The maximum Gasteiger partial charge on any atom is 0.156 e. The van der Waals surface area contributed by atoms with E-state index in [9.17, 15) is 0 Å². The molecule has 0 amide bonds. The molecule has 1 aromatic heterocycles. The van der Waals surface area contributed by atoms with Crippen LogP contribution in [0, 0.1) is 0 Å². The zero-order chi connectivity index (χ0) is 15.9. The van der Waals surface area contributed by atoms with E-state index in [0.29, 0.717) is 0 Å². The van der Waals surface area contributed by atoms with E-state index in [0.717, 1.165) is 39.5 Å². The molecule has 0 bridgehead atoms.